The molecule has 150 valence electrons. The van der Waals surface area contributed by atoms with Gasteiger partial charge in [-0.3, -0.25) is 0 Å². The molecule has 0 atom stereocenters. The lowest BCUT2D eigenvalue weighted by Gasteiger charge is -2.33. The molecule has 1 aromatic carbocycles. The van der Waals surface area contributed by atoms with Crippen LogP contribution in [0.25, 0.3) is 0 Å². The van der Waals surface area contributed by atoms with Crippen molar-refractivity contribution in [2.24, 2.45) is 5.92 Å². The summed E-state index contributed by atoms with van der Waals surface area (Å²) in [4.78, 5) is 24.8. The predicted octanol–water partition coefficient (Wildman–Crippen LogP) is 4.50. The molecule has 0 saturated carbocycles. The number of amides is 1. The van der Waals surface area contributed by atoms with Gasteiger partial charge in [0.25, 0.3) is 0 Å². The first kappa shape index (κ1) is 21.1. The standard InChI is InChI=1S/C21H31NO5/c1-15-14-17(19(23)24)7-8-18(15)26-13-5-6-16-9-11-22(12-10-16)20(25)27-21(2,3)4/h7-8,14,16H,5-6,9-13H2,1-4H3,(H,23,24). The Kier molecular flexibility index (Phi) is 7.11. The summed E-state index contributed by atoms with van der Waals surface area (Å²) in [5.74, 6) is 0.407. The van der Waals surface area contributed by atoms with E-state index in [4.69, 9.17) is 14.6 Å². The number of carbonyl (C=O) groups excluding carboxylic acids is 1. The lowest BCUT2D eigenvalue weighted by Crippen LogP contribution is -2.41. The molecule has 0 aliphatic carbocycles. The van der Waals surface area contributed by atoms with Crippen molar-refractivity contribution in [2.75, 3.05) is 19.7 Å². The number of carboxylic acid groups (broad SMARTS) is 1. The summed E-state index contributed by atoms with van der Waals surface area (Å²) in [6.45, 7) is 9.61. The molecule has 1 aliphatic rings. The molecule has 1 saturated heterocycles. The zero-order chi connectivity index (χ0) is 20.0. The van der Waals surface area contributed by atoms with Crippen LogP contribution in [0, 0.1) is 12.8 Å². The summed E-state index contributed by atoms with van der Waals surface area (Å²) in [5.41, 5.74) is 0.656. The van der Waals surface area contributed by atoms with Crippen LogP contribution in [0.1, 0.15) is 62.4 Å². The van der Waals surface area contributed by atoms with Crippen molar-refractivity contribution in [3.8, 4) is 5.75 Å². The molecule has 6 heteroatoms. The van der Waals surface area contributed by atoms with Crippen LogP contribution in [0.5, 0.6) is 5.75 Å². The summed E-state index contributed by atoms with van der Waals surface area (Å²) in [6, 6.07) is 4.92. The fourth-order valence-electron chi connectivity index (χ4n) is 3.23. The van der Waals surface area contributed by atoms with Crippen molar-refractivity contribution in [3.05, 3.63) is 29.3 Å². The third-order valence-corrected chi connectivity index (χ3v) is 4.70. The SMILES string of the molecule is Cc1cc(C(=O)O)ccc1OCCCC1CCN(C(=O)OC(C)(C)C)CC1. The van der Waals surface area contributed by atoms with Gasteiger partial charge < -0.3 is 19.5 Å². The van der Waals surface area contributed by atoms with Gasteiger partial charge in [-0.1, -0.05) is 0 Å². The predicted molar refractivity (Wildman–Crippen MR) is 103 cm³/mol. The highest BCUT2D eigenvalue weighted by molar-refractivity contribution is 5.88. The van der Waals surface area contributed by atoms with Crippen molar-refractivity contribution in [3.63, 3.8) is 0 Å². The van der Waals surface area contributed by atoms with E-state index in [1.54, 1.807) is 23.1 Å². The number of rotatable bonds is 6. The molecule has 27 heavy (non-hydrogen) atoms. The Hall–Kier alpha value is -2.24. The van der Waals surface area contributed by atoms with Gasteiger partial charge in [0.15, 0.2) is 0 Å². The highest BCUT2D eigenvalue weighted by Gasteiger charge is 2.26. The van der Waals surface area contributed by atoms with E-state index in [1.807, 2.05) is 27.7 Å². The molecule has 2 rings (SSSR count). The van der Waals surface area contributed by atoms with Crippen molar-refractivity contribution in [2.45, 2.75) is 59.0 Å². The van der Waals surface area contributed by atoms with Gasteiger partial charge in [0.1, 0.15) is 11.4 Å². The van der Waals surface area contributed by atoms with E-state index < -0.39 is 11.6 Å². The van der Waals surface area contributed by atoms with Crippen molar-refractivity contribution >= 4 is 12.1 Å². The molecule has 1 aliphatic heterocycles. The third-order valence-electron chi connectivity index (χ3n) is 4.70. The fraction of sp³-hybridized carbons (Fsp3) is 0.619. The third kappa shape index (κ3) is 6.77. The number of hydrogen-bond donors (Lipinski definition) is 1. The Morgan fingerprint density at radius 3 is 2.44 bits per heavy atom. The topological polar surface area (TPSA) is 76.1 Å². The van der Waals surface area contributed by atoms with E-state index in [9.17, 15) is 9.59 Å². The molecule has 1 amide bonds. The van der Waals surface area contributed by atoms with E-state index in [2.05, 4.69) is 0 Å². The van der Waals surface area contributed by atoms with Gasteiger partial charge in [0.05, 0.1) is 12.2 Å². The largest absolute Gasteiger partial charge is 0.493 e. The van der Waals surface area contributed by atoms with Crippen LogP contribution in [0.3, 0.4) is 0 Å². The molecule has 1 fully saturated rings. The minimum atomic E-state index is -0.928. The van der Waals surface area contributed by atoms with Crippen molar-refractivity contribution in [1.29, 1.82) is 0 Å². The van der Waals surface area contributed by atoms with Gasteiger partial charge in [-0.25, -0.2) is 9.59 Å². The first-order valence-electron chi connectivity index (χ1n) is 9.60. The van der Waals surface area contributed by atoms with E-state index in [-0.39, 0.29) is 11.7 Å². The molecular formula is C21H31NO5. The second-order valence-corrected chi connectivity index (χ2v) is 8.19. The van der Waals surface area contributed by atoms with E-state index in [1.165, 1.54) is 0 Å². The summed E-state index contributed by atoms with van der Waals surface area (Å²) >= 11 is 0. The quantitative estimate of drug-likeness (QED) is 0.739. The van der Waals surface area contributed by atoms with Crippen molar-refractivity contribution in [1.82, 2.24) is 4.90 Å². The number of likely N-dealkylation sites (tertiary alicyclic amines) is 1. The van der Waals surface area contributed by atoms with E-state index >= 15 is 0 Å². The number of carboxylic acids is 1. The minimum absolute atomic E-state index is 0.218. The van der Waals surface area contributed by atoms with E-state index in [0.29, 0.717) is 12.5 Å². The molecule has 0 bridgehead atoms. The van der Waals surface area contributed by atoms with Gasteiger partial charge in [-0.15, -0.1) is 0 Å². The van der Waals surface area contributed by atoms with Crippen LogP contribution in [0.2, 0.25) is 0 Å². The van der Waals surface area contributed by atoms with E-state index in [0.717, 1.165) is 50.1 Å². The Morgan fingerprint density at radius 1 is 1.22 bits per heavy atom. The molecule has 6 nitrogen and oxygen atoms in total. The lowest BCUT2D eigenvalue weighted by atomic mass is 9.92. The van der Waals surface area contributed by atoms with Crippen LogP contribution in [-0.4, -0.2) is 47.4 Å². The van der Waals surface area contributed by atoms with Gasteiger partial charge in [0.2, 0.25) is 0 Å². The summed E-state index contributed by atoms with van der Waals surface area (Å²) < 4.78 is 11.2. The Balaban J connectivity index is 1.68. The average Bonchev–Trinajstić information content (AvgIpc) is 2.58. The molecule has 0 aromatic heterocycles. The lowest BCUT2D eigenvalue weighted by molar-refractivity contribution is 0.0179. The zero-order valence-corrected chi connectivity index (χ0v) is 16.8. The summed E-state index contributed by atoms with van der Waals surface area (Å²) in [5, 5.41) is 8.99. The molecule has 0 unspecified atom stereocenters. The molecular weight excluding hydrogens is 346 g/mol. The van der Waals surface area contributed by atoms with Crippen LogP contribution in [0.4, 0.5) is 4.79 Å². The molecule has 0 radical (unpaired) electrons. The van der Waals surface area contributed by atoms with Gasteiger partial charge in [0, 0.05) is 13.1 Å². The second kappa shape index (κ2) is 9.11. The van der Waals surface area contributed by atoms with Crippen LogP contribution < -0.4 is 4.74 Å². The molecule has 0 spiro atoms. The average molecular weight is 377 g/mol. The maximum absolute atomic E-state index is 12.1. The smallest absolute Gasteiger partial charge is 0.410 e. The van der Waals surface area contributed by atoms with Crippen molar-refractivity contribution < 1.29 is 24.2 Å². The number of nitrogens with zero attached hydrogens (tertiary/aromatic N) is 1. The number of aromatic carboxylic acids is 1. The second-order valence-electron chi connectivity index (χ2n) is 8.19. The number of piperidine rings is 1. The number of carbonyl (C=O) groups is 2. The summed E-state index contributed by atoms with van der Waals surface area (Å²) in [7, 11) is 0. The zero-order valence-electron chi connectivity index (χ0n) is 16.8. The summed E-state index contributed by atoms with van der Waals surface area (Å²) in [6.07, 6.45) is 3.77. The van der Waals surface area contributed by atoms with Crippen LogP contribution in [0.15, 0.2) is 18.2 Å². The van der Waals surface area contributed by atoms with Gasteiger partial charge >= 0.3 is 12.1 Å². The van der Waals surface area contributed by atoms with Crippen LogP contribution in [-0.2, 0) is 4.74 Å². The normalized spacial score (nSPS) is 15.5. The number of aryl methyl sites for hydroxylation is 1. The maximum Gasteiger partial charge on any atom is 0.410 e. The number of ether oxygens (including phenoxy) is 2. The van der Waals surface area contributed by atoms with Crippen LogP contribution >= 0.6 is 0 Å². The highest BCUT2D eigenvalue weighted by Crippen LogP contribution is 2.24. The monoisotopic (exact) mass is 377 g/mol. The Bertz CT molecular complexity index is 657. The minimum Gasteiger partial charge on any atom is -0.493 e. The first-order valence-corrected chi connectivity index (χ1v) is 9.60. The highest BCUT2D eigenvalue weighted by atomic mass is 16.6. The molecule has 1 N–H and O–H groups in total. The maximum atomic E-state index is 12.1. The number of hydrogen-bond acceptors (Lipinski definition) is 4. The van der Waals surface area contributed by atoms with Gasteiger partial charge in [-0.05, 0) is 83.1 Å². The Labute approximate surface area is 161 Å². The Morgan fingerprint density at radius 2 is 1.89 bits per heavy atom. The van der Waals surface area contributed by atoms with Gasteiger partial charge in [-0.2, -0.15) is 0 Å². The fourth-order valence-corrected chi connectivity index (χ4v) is 3.23. The molecule has 1 aromatic rings. The number of benzene rings is 1. The first-order chi connectivity index (χ1) is 12.7. The molecule has 1 heterocycles.